The Morgan fingerprint density at radius 2 is 1.81 bits per heavy atom. The summed E-state index contributed by atoms with van der Waals surface area (Å²) in [5.74, 6) is 1.62. The van der Waals surface area contributed by atoms with Crippen molar-refractivity contribution in [2.45, 2.75) is 34.6 Å². The molecule has 0 aliphatic heterocycles. The number of aromatic nitrogens is 5. The fraction of sp³-hybridized carbons (Fsp3) is 0.318. The molecule has 1 N–H and O–H groups in total. The number of nitrogens with zero attached hydrogens (tertiary/aromatic N) is 5. The van der Waals surface area contributed by atoms with Crippen LogP contribution in [0.4, 0.5) is 11.4 Å². The molecule has 3 heterocycles. The zero-order valence-electron chi connectivity index (χ0n) is 19.4. The van der Waals surface area contributed by atoms with E-state index in [0.29, 0.717) is 17.3 Å². The molecule has 0 bridgehead atoms. The number of anilines is 2. The first-order chi connectivity index (χ1) is 15.5. The van der Waals surface area contributed by atoms with Gasteiger partial charge >= 0.3 is 0 Å². The molecule has 3 aromatic heterocycles. The molecule has 172 valence electrons. The second-order valence-corrected chi connectivity index (χ2v) is 8.62. The Labute approximate surface area is 209 Å². The lowest BCUT2D eigenvalue weighted by molar-refractivity contribution is 0.417. The maximum atomic E-state index is 6.28. The third-order valence-corrected chi connectivity index (χ3v) is 6.77. The molecule has 1 atom stereocenters. The average Bonchev–Trinajstić information content (AvgIpc) is 3.38. The molecule has 7 nitrogen and oxygen atoms in total. The van der Waals surface area contributed by atoms with Crippen molar-refractivity contribution in [3.63, 3.8) is 0 Å². The zero-order chi connectivity index (χ0) is 23.8. The van der Waals surface area contributed by atoms with Gasteiger partial charge in [0.15, 0.2) is 5.65 Å². The van der Waals surface area contributed by atoms with Crippen LogP contribution in [0, 0.1) is 6.92 Å². The number of hydrogen-bond acceptors (Lipinski definition) is 5. The number of pyridine rings is 1. The van der Waals surface area contributed by atoms with E-state index in [2.05, 4.69) is 46.6 Å². The Morgan fingerprint density at radius 1 is 1.09 bits per heavy atom. The van der Waals surface area contributed by atoms with Gasteiger partial charge in [-0.1, -0.05) is 45.4 Å². The van der Waals surface area contributed by atoms with Gasteiger partial charge in [-0.3, -0.25) is 4.34 Å². The second kappa shape index (κ2) is 12.4. The second-order valence-electron chi connectivity index (χ2n) is 6.17. The molecule has 0 amide bonds. The summed E-state index contributed by atoms with van der Waals surface area (Å²) in [7, 11) is 3.61. The van der Waals surface area contributed by atoms with Gasteiger partial charge in [0, 0.05) is 18.7 Å². The lowest BCUT2D eigenvalue weighted by atomic mass is 10.1. The minimum atomic E-state index is 0.413. The van der Waals surface area contributed by atoms with E-state index in [-0.39, 0.29) is 0 Å². The van der Waals surface area contributed by atoms with Gasteiger partial charge in [0.2, 0.25) is 0 Å². The highest BCUT2D eigenvalue weighted by Crippen LogP contribution is 2.37. The molecule has 1 unspecified atom stereocenters. The molecule has 0 spiro atoms. The monoisotopic (exact) mass is 586 g/mol. The third kappa shape index (κ3) is 5.53. The summed E-state index contributed by atoms with van der Waals surface area (Å²) < 4.78 is 9.64. The quantitative estimate of drug-likeness (QED) is 0.150. The maximum absolute atomic E-state index is 6.28. The molecule has 10 heteroatoms. The van der Waals surface area contributed by atoms with Crippen molar-refractivity contribution in [3.8, 4) is 17.0 Å². The van der Waals surface area contributed by atoms with Crippen molar-refractivity contribution < 1.29 is 4.74 Å². The van der Waals surface area contributed by atoms with Gasteiger partial charge in [-0.25, -0.2) is 15.0 Å². The molecule has 0 saturated heterocycles. The molecular weight excluding hydrogens is 558 g/mol. The minimum Gasteiger partial charge on any atom is -0.495 e. The van der Waals surface area contributed by atoms with Crippen LogP contribution in [0.15, 0.2) is 36.8 Å². The number of rotatable bonds is 5. The molecule has 0 aliphatic carbocycles. The van der Waals surface area contributed by atoms with E-state index in [4.69, 9.17) is 16.3 Å². The van der Waals surface area contributed by atoms with Crippen molar-refractivity contribution >= 4 is 62.6 Å². The molecular formula is C22H29ClIN6OP. The lowest BCUT2D eigenvalue weighted by Gasteiger charge is -2.14. The number of ether oxygens (including phenoxy) is 1. The van der Waals surface area contributed by atoms with Crippen LogP contribution in [0.2, 0.25) is 5.15 Å². The maximum Gasteiger partial charge on any atom is 0.167 e. The highest BCUT2D eigenvalue weighted by atomic mass is 127. The Kier molecular flexibility index (Phi) is 10.2. The van der Waals surface area contributed by atoms with E-state index in [1.807, 2.05) is 70.6 Å². The number of imidazole rings is 2. The van der Waals surface area contributed by atoms with Crippen LogP contribution in [-0.2, 0) is 7.05 Å². The first-order valence-electron chi connectivity index (χ1n) is 10.4. The zero-order valence-corrected chi connectivity index (χ0v) is 23.3. The van der Waals surface area contributed by atoms with Crippen molar-refractivity contribution in [2.24, 2.45) is 7.05 Å². The summed E-state index contributed by atoms with van der Waals surface area (Å²) >= 11 is 8.59. The number of halogens is 2. The van der Waals surface area contributed by atoms with Gasteiger partial charge in [0.1, 0.15) is 22.2 Å². The summed E-state index contributed by atoms with van der Waals surface area (Å²) in [6.45, 7) is 9.97. The molecule has 0 aliphatic rings. The Morgan fingerprint density at radius 3 is 2.41 bits per heavy atom. The molecule has 32 heavy (non-hydrogen) atoms. The Hall–Kier alpha value is -1.90. The first-order valence-corrected chi connectivity index (χ1v) is 14.8. The minimum absolute atomic E-state index is 0.413. The van der Waals surface area contributed by atoms with Crippen LogP contribution in [0.25, 0.3) is 22.4 Å². The van der Waals surface area contributed by atoms with Gasteiger partial charge in [-0.05, 0) is 41.1 Å². The van der Waals surface area contributed by atoms with E-state index in [1.165, 1.54) is 0 Å². The van der Waals surface area contributed by atoms with Gasteiger partial charge < -0.3 is 14.6 Å². The standard InChI is InChI=1S/C18H17ClIN6OP.2C2H6/c1-10-22-17-13(7-16(19)24-18(17)26(10)28-20)23-12-5-4-11(6-15(12)27-3)14-8-21-9-25(14)2;2*1-2/h4-9,28H,1-3H3,(H,23,24);2*1-2H3. The van der Waals surface area contributed by atoms with Crippen LogP contribution < -0.4 is 10.1 Å². The molecule has 1 aromatic carbocycles. The molecule has 4 aromatic rings. The predicted octanol–water partition coefficient (Wildman–Crippen LogP) is 7.39. The molecule has 4 rings (SSSR count). The first kappa shape index (κ1) is 26.4. The van der Waals surface area contributed by atoms with E-state index in [1.54, 1.807) is 19.5 Å². The summed E-state index contributed by atoms with van der Waals surface area (Å²) in [4.78, 5) is 13.3. The predicted molar refractivity (Wildman–Crippen MR) is 146 cm³/mol. The van der Waals surface area contributed by atoms with Crippen LogP contribution in [0.5, 0.6) is 5.75 Å². The SMILES string of the molecule is CC.CC.COc1cc(-c2cncn2C)ccc1Nc1cc(Cl)nc2c1nc(C)n2PI. The normalized spacial score (nSPS) is 10.5. The van der Waals surface area contributed by atoms with Gasteiger partial charge in [-0.2, -0.15) is 0 Å². The Bertz CT molecular complexity index is 1180. The van der Waals surface area contributed by atoms with Crippen LogP contribution in [-0.4, -0.2) is 31.0 Å². The van der Waals surface area contributed by atoms with Crippen molar-refractivity contribution in [1.82, 2.24) is 23.9 Å². The van der Waals surface area contributed by atoms with E-state index in [0.717, 1.165) is 39.6 Å². The van der Waals surface area contributed by atoms with Gasteiger partial charge in [0.05, 0.1) is 43.1 Å². The highest BCUT2D eigenvalue weighted by Gasteiger charge is 2.16. The number of hydrogen-bond donors (Lipinski definition) is 1. The van der Waals surface area contributed by atoms with Gasteiger partial charge in [0.25, 0.3) is 0 Å². The average molecular weight is 587 g/mol. The van der Waals surface area contributed by atoms with Crippen LogP contribution in [0.3, 0.4) is 0 Å². The molecule has 0 saturated carbocycles. The van der Waals surface area contributed by atoms with Crippen molar-refractivity contribution in [2.75, 3.05) is 12.4 Å². The largest absolute Gasteiger partial charge is 0.495 e. The van der Waals surface area contributed by atoms with Crippen LogP contribution in [0.1, 0.15) is 33.5 Å². The number of benzene rings is 1. The van der Waals surface area contributed by atoms with Crippen molar-refractivity contribution in [3.05, 3.63) is 47.8 Å². The summed E-state index contributed by atoms with van der Waals surface area (Å²) in [5, 5.41) is 3.83. The number of methoxy groups -OCH3 is 1. The summed E-state index contributed by atoms with van der Waals surface area (Å²) in [5.41, 5.74) is 5.19. The van der Waals surface area contributed by atoms with E-state index >= 15 is 0 Å². The smallest absolute Gasteiger partial charge is 0.167 e. The topological polar surface area (TPSA) is 69.8 Å². The van der Waals surface area contributed by atoms with E-state index < -0.39 is 0 Å². The fourth-order valence-electron chi connectivity index (χ4n) is 3.06. The fourth-order valence-corrected chi connectivity index (χ4v) is 5.39. The van der Waals surface area contributed by atoms with Crippen molar-refractivity contribution in [1.29, 1.82) is 0 Å². The number of aryl methyl sites for hydroxylation is 2. The van der Waals surface area contributed by atoms with Crippen LogP contribution >= 0.6 is 40.0 Å². The Balaban J connectivity index is 0.000000860. The molecule has 0 fully saturated rings. The highest BCUT2D eigenvalue weighted by molar-refractivity contribution is 14.2. The molecule has 0 radical (unpaired) electrons. The summed E-state index contributed by atoms with van der Waals surface area (Å²) in [6.07, 6.45) is 4.09. The number of nitrogens with one attached hydrogen (secondary N) is 1. The van der Waals surface area contributed by atoms with E-state index in [9.17, 15) is 0 Å². The van der Waals surface area contributed by atoms with Gasteiger partial charge in [-0.15, -0.1) is 0 Å². The third-order valence-electron chi connectivity index (χ3n) is 4.42. The lowest BCUT2D eigenvalue weighted by Crippen LogP contribution is -1.98. The summed E-state index contributed by atoms with van der Waals surface area (Å²) in [6, 6.07) is 7.77. The number of fused-ring (bicyclic) bond motifs is 1.